The van der Waals surface area contributed by atoms with Gasteiger partial charge in [0.15, 0.2) is 0 Å². The first-order chi connectivity index (χ1) is 13.3. The Morgan fingerprint density at radius 1 is 0.889 bits per heavy atom. The number of hydrogen-bond donors (Lipinski definition) is 2. The van der Waals surface area contributed by atoms with E-state index in [2.05, 4.69) is 61.7 Å². The van der Waals surface area contributed by atoms with Gasteiger partial charge >= 0.3 is 0 Å². The monoisotopic (exact) mass is 369 g/mol. The van der Waals surface area contributed by atoms with Crippen LogP contribution in [0.3, 0.4) is 0 Å². The molecule has 27 heavy (non-hydrogen) atoms. The molecule has 2 aromatic carbocycles. The lowest BCUT2D eigenvalue weighted by Crippen LogP contribution is -1.97. The molecule has 0 spiro atoms. The van der Waals surface area contributed by atoms with Gasteiger partial charge in [-0.2, -0.15) is 0 Å². The van der Waals surface area contributed by atoms with Gasteiger partial charge in [0.05, 0.1) is 0 Å². The number of nitrogens with zero attached hydrogens (tertiary/aromatic N) is 3. The van der Waals surface area contributed by atoms with Gasteiger partial charge in [0.1, 0.15) is 10.7 Å². The van der Waals surface area contributed by atoms with E-state index in [4.69, 9.17) is 0 Å². The number of nitrogens with one attached hydrogen (secondary N) is 2. The second-order valence-electron chi connectivity index (χ2n) is 6.09. The number of hydrogen-bond acceptors (Lipinski definition) is 5. The van der Waals surface area contributed by atoms with E-state index in [0.29, 0.717) is 5.95 Å². The van der Waals surface area contributed by atoms with Crippen LogP contribution in [0.4, 0.5) is 11.6 Å². The van der Waals surface area contributed by atoms with Crippen molar-refractivity contribution < 1.29 is 0 Å². The molecular formula is C21H15N5S. The summed E-state index contributed by atoms with van der Waals surface area (Å²) in [5.41, 5.74) is 5.21. The Balaban J connectivity index is 1.45. The summed E-state index contributed by atoms with van der Waals surface area (Å²) < 4.78 is 0. The number of H-pyrrole nitrogens is 1. The number of thiazole rings is 1. The van der Waals surface area contributed by atoms with Crippen molar-refractivity contribution in [3.8, 4) is 21.8 Å². The van der Waals surface area contributed by atoms with E-state index in [1.165, 1.54) is 10.9 Å². The Kier molecular flexibility index (Phi) is 3.88. The van der Waals surface area contributed by atoms with Crippen LogP contribution in [0.1, 0.15) is 0 Å². The minimum atomic E-state index is 0.556. The van der Waals surface area contributed by atoms with Crippen molar-refractivity contribution in [3.05, 3.63) is 78.6 Å². The molecule has 5 nitrogen and oxygen atoms in total. The molecule has 0 aliphatic carbocycles. The molecule has 0 aliphatic rings. The van der Waals surface area contributed by atoms with Crippen molar-refractivity contribution in [1.29, 1.82) is 0 Å². The number of aromatic amines is 1. The minimum absolute atomic E-state index is 0.556. The highest BCUT2D eigenvalue weighted by molar-refractivity contribution is 7.13. The van der Waals surface area contributed by atoms with Crippen LogP contribution >= 0.6 is 11.3 Å². The third-order valence-corrected chi connectivity index (χ3v) is 5.11. The third-order valence-electron chi connectivity index (χ3n) is 4.31. The van der Waals surface area contributed by atoms with Crippen LogP contribution in [0.25, 0.3) is 32.7 Å². The SMILES string of the molecule is c1cc(Nc2nccc(-c3nccs3)n2)cc(-c2ccc3[nH]ccc3c2)c1. The van der Waals surface area contributed by atoms with Crippen molar-refractivity contribution in [2.75, 3.05) is 5.32 Å². The molecule has 0 saturated carbocycles. The van der Waals surface area contributed by atoms with Crippen molar-refractivity contribution >= 4 is 33.9 Å². The van der Waals surface area contributed by atoms with E-state index in [1.54, 1.807) is 23.7 Å². The molecule has 0 fully saturated rings. The molecule has 0 atom stereocenters. The van der Waals surface area contributed by atoms with Crippen molar-refractivity contribution in [1.82, 2.24) is 19.9 Å². The molecule has 6 heteroatoms. The quantitative estimate of drug-likeness (QED) is 0.439. The second-order valence-corrected chi connectivity index (χ2v) is 6.98. The van der Waals surface area contributed by atoms with Gasteiger partial charge in [-0.25, -0.2) is 15.0 Å². The predicted octanol–water partition coefficient (Wildman–Crippen LogP) is 5.49. The summed E-state index contributed by atoms with van der Waals surface area (Å²) >= 11 is 1.56. The highest BCUT2D eigenvalue weighted by atomic mass is 32.1. The molecule has 0 saturated heterocycles. The van der Waals surface area contributed by atoms with Gasteiger partial charge in [0, 0.05) is 35.2 Å². The first-order valence-corrected chi connectivity index (χ1v) is 9.41. The maximum atomic E-state index is 4.57. The Morgan fingerprint density at radius 3 is 2.78 bits per heavy atom. The van der Waals surface area contributed by atoms with Crippen molar-refractivity contribution in [2.24, 2.45) is 0 Å². The maximum absolute atomic E-state index is 4.57. The third kappa shape index (κ3) is 3.18. The fourth-order valence-corrected chi connectivity index (χ4v) is 3.63. The maximum Gasteiger partial charge on any atom is 0.227 e. The van der Waals surface area contributed by atoms with Crippen LogP contribution in [0.15, 0.2) is 78.6 Å². The number of aromatic nitrogens is 4. The van der Waals surface area contributed by atoms with Gasteiger partial charge in [-0.3, -0.25) is 0 Å². The molecular weight excluding hydrogens is 354 g/mol. The normalized spacial score (nSPS) is 11.0. The van der Waals surface area contributed by atoms with Crippen molar-refractivity contribution in [3.63, 3.8) is 0 Å². The molecule has 5 rings (SSSR count). The van der Waals surface area contributed by atoms with Crippen LogP contribution in [-0.4, -0.2) is 19.9 Å². The van der Waals surface area contributed by atoms with Crippen LogP contribution in [0, 0.1) is 0 Å². The lowest BCUT2D eigenvalue weighted by molar-refractivity contribution is 1.16. The van der Waals surface area contributed by atoms with E-state index >= 15 is 0 Å². The van der Waals surface area contributed by atoms with E-state index < -0.39 is 0 Å². The number of rotatable bonds is 4. The number of anilines is 2. The highest BCUT2D eigenvalue weighted by Crippen LogP contribution is 2.27. The first kappa shape index (κ1) is 15.7. The molecule has 3 aromatic heterocycles. The summed E-state index contributed by atoms with van der Waals surface area (Å²) in [5.74, 6) is 0.556. The average Bonchev–Trinajstić information content (AvgIpc) is 3.40. The lowest BCUT2D eigenvalue weighted by atomic mass is 10.0. The number of benzene rings is 2. The highest BCUT2D eigenvalue weighted by Gasteiger charge is 2.06. The Hall–Kier alpha value is -3.51. The molecule has 0 aliphatic heterocycles. The zero-order valence-electron chi connectivity index (χ0n) is 14.3. The zero-order chi connectivity index (χ0) is 18.1. The largest absolute Gasteiger partial charge is 0.361 e. The fourth-order valence-electron chi connectivity index (χ4n) is 3.03. The minimum Gasteiger partial charge on any atom is -0.361 e. The Labute approximate surface area is 159 Å². The van der Waals surface area contributed by atoms with E-state index in [1.807, 2.05) is 29.8 Å². The molecule has 0 bridgehead atoms. The molecule has 3 heterocycles. The Bertz CT molecular complexity index is 1210. The molecule has 0 unspecified atom stereocenters. The van der Waals surface area contributed by atoms with Crippen LogP contribution < -0.4 is 5.32 Å². The second kappa shape index (κ2) is 6.66. The summed E-state index contributed by atoms with van der Waals surface area (Å²) in [6, 6.07) is 18.6. The van der Waals surface area contributed by atoms with Crippen LogP contribution in [0.2, 0.25) is 0 Å². The summed E-state index contributed by atoms with van der Waals surface area (Å²) in [6.07, 6.45) is 5.48. The predicted molar refractivity (Wildman–Crippen MR) is 110 cm³/mol. The molecule has 5 aromatic rings. The number of fused-ring (bicyclic) bond motifs is 1. The lowest BCUT2D eigenvalue weighted by Gasteiger charge is -2.08. The summed E-state index contributed by atoms with van der Waals surface area (Å²) in [6.45, 7) is 0. The van der Waals surface area contributed by atoms with Crippen molar-refractivity contribution in [2.45, 2.75) is 0 Å². The Morgan fingerprint density at radius 2 is 1.85 bits per heavy atom. The van der Waals surface area contributed by atoms with E-state index in [9.17, 15) is 0 Å². The van der Waals surface area contributed by atoms with Gasteiger partial charge in [0.2, 0.25) is 5.95 Å². The van der Waals surface area contributed by atoms with Crippen LogP contribution in [0.5, 0.6) is 0 Å². The molecule has 0 amide bonds. The smallest absolute Gasteiger partial charge is 0.227 e. The van der Waals surface area contributed by atoms with Gasteiger partial charge in [-0.05, 0) is 52.9 Å². The standard InChI is InChI=1S/C21H15N5S/c1-2-14(15-4-5-18-16(12-15)6-8-22-18)13-17(3-1)25-21-24-9-7-19(26-21)20-23-10-11-27-20/h1-13,22H,(H,24,25,26). The molecule has 0 radical (unpaired) electrons. The van der Waals surface area contributed by atoms with Gasteiger partial charge in [-0.15, -0.1) is 11.3 Å². The summed E-state index contributed by atoms with van der Waals surface area (Å²) in [5, 5.41) is 7.32. The topological polar surface area (TPSA) is 66.5 Å². The molecule has 130 valence electrons. The fraction of sp³-hybridized carbons (Fsp3) is 0. The summed E-state index contributed by atoms with van der Waals surface area (Å²) in [4.78, 5) is 16.4. The summed E-state index contributed by atoms with van der Waals surface area (Å²) in [7, 11) is 0. The van der Waals surface area contributed by atoms with E-state index in [0.717, 1.165) is 27.5 Å². The van der Waals surface area contributed by atoms with E-state index in [-0.39, 0.29) is 0 Å². The van der Waals surface area contributed by atoms with Gasteiger partial charge < -0.3 is 10.3 Å². The average molecular weight is 369 g/mol. The first-order valence-electron chi connectivity index (χ1n) is 8.53. The van der Waals surface area contributed by atoms with Gasteiger partial charge in [-0.1, -0.05) is 18.2 Å². The van der Waals surface area contributed by atoms with Crippen LogP contribution in [-0.2, 0) is 0 Å². The zero-order valence-corrected chi connectivity index (χ0v) is 15.1. The molecule has 2 N–H and O–H groups in total. The van der Waals surface area contributed by atoms with Gasteiger partial charge in [0.25, 0.3) is 0 Å².